The maximum Gasteiger partial charge on any atom is -0.00975 e. The first-order valence-electron chi connectivity index (χ1n) is 7.54. The molecule has 0 N–H and O–H groups in total. The molecule has 0 saturated carbocycles. The van der Waals surface area contributed by atoms with Crippen LogP contribution in [0.5, 0.6) is 0 Å². The van der Waals surface area contributed by atoms with Crippen molar-refractivity contribution in [3.8, 4) is 0 Å². The molecule has 0 radical (unpaired) electrons. The third-order valence-corrected chi connectivity index (χ3v) is 4.39. The van der Waals surface area contributed by atoms with Crippen molar-refractivity contribution in [1.82, 2.24) is 0 Å². The molecule has 0 amide bonds. The van der Waals surface area contributed by atoms with E-state index in [4.69, 9.17) is 0 Å². The van der Waals surface area contributed by atoms with Gasteiger partial charge in [-0.3, -0.25) is 0 Å². The first kappa shape index (κ1) is 13.2. The summed E-state index contributed by atoms with van der Waals surface area (Å²) in [4.78, 5) is 0. The van der Waals surface area contributed by atoms with Crippen LogP contribution in [-0.4, -0.2) is 0 Å². The Bertz CT molecular complexity index is 750. The molecule has 0 aliphatic carbocycles. The Morgan fingerprint density at radius 1 is 0.750 bits per heavy atom. The zero-order valence-corrected chi connectivity index (χ0v) is 12.6. The molecule has 0 heteroatoms. The Kier molecular flexibility index (Phi) is 3.25. The molecule has 102 valence electrons. The lowest BCUT2D eigenvalue weighted by molar-refractivity contribution is 0.477. The molecule has 0 aromatic heterocycles. The van der Waals surface area contributed by atoms with Gasteiger partial charge in [0.05, 0.1) is 0 Å². The van der Waals surface area contributed by atoms with E-state index in [9.17, 15) is 0 Å². The third-order valence-electron chi connectivity index (χ3n) is 4.39. The molecule has 0 heterocycles. The van der Waals surface area contributed by atoms with E-state index in [2.05, 4.69) is 75.4 Å². The summed E-state index contributed by atoms with van der Waals surface area (Å²) in [5.41, 5.74) is 1.71. The van der Waals surface area contributed by atoms with Crippen LogP contribution in [0, 0.1) is 0 Å². The van der Waals surface area contributed by atoms with Gasteiger partial charge in [-0.25, -0.2) is 0 Å². The molecule has 0 fully saturated rings. The average Bonchev–Trinajstić information content (AvgIpc) is 2.46. The standard InChI is InChI=1S/C20H22/c1-4-14-20(2,3)19-11-7-10-17-16-9-6-5-8-15(16)12-13-18(17)19/h5-13H,4,14H2,1-3H3. The first-order valence-corrected chi connectivity index (χ1v) is 7.54. The number of rotatable bonds is 3. The van der Waals surface area contributed by atoms with Gasteiger partial charge >= 0.3 is 0 Å². The van der Waals surface area contributed by atoms with Crippen LogP contribution < -0.4 is 0 Å². The molecule has 0 saturated heterocycles. The van der Waals surface area contributed by atoms with E-state index in [0.29, 0.717) is 0 Å². The largest absolute Gasteiger partial charge is 0.0654 e. The second kappa shape index (κ2) is 4.94. The van der Waals surface area contributed by atoms with Crippen LogP contribution in [0.25, 0.3) is 21.5 Å². The van der Waals surface area contributed by atoms with Gasteiger partial charge in [-0.15, -0.1) is 0 Å². The van der Waals surface area contributed by atoms with Crippen LogP contribution in [0.1, 0.15) is 39.2 Å². The second-order valence-corrected chi connectivity index (χ2v) is 6.32. The zero-order valence-electron chi connectivity index (χ0n) is 12.6. The summed E-state index contributed by atoms with van der Waals surface area (Å²) >= 11 is 0. The van der Waals surface area contributed by atoms with E-state index in [1.54, 1.807) is 0 Å². The Morgan fingerprint density at radius 3 is 2.30 bits per heavy atom. The van der Waals surface area contributed by atoms with Crippen LogP contribution in [-0.2, 0) is 5.41 Å². The van der Waals surface area contributed by atoms with Crippen molar-refractivity contribution in [2.45, 2.75) is 39.0 Å². The van der Waals surface area contributed by atoms with Crippen LogP contribution in [0.3, 0.4) is 0 Å². The molecule has 0 nitrogen and oxygen atoms in total. The Balaban J connectivity index is 2.33. The summed E-state index contributed by atoms with van der Waals surface area (Å²) in [7, 11) is 0. The van der Waals surface area contributed by atoms with Gasteiger partial charge in [0, 0.05) is 0 Å². The molecule has 0 bridgehead atoms. The van der Waals surface area contributed by atoms with E-state index >= 15 is 0 Å². The van der Waals surface area contributed by atoms with E-state index in [0.717, 1.165) is 0 Å². The van der Waals surface area contributed by atoms with Gasteiger partial charge in [-0.2, -0.15) is 0 Å². The van der Waals surface area contributed by atoms with Gasteiger partial charge < -0.3 is 0 Å². The smallest absolute Gasteiger partial charge is 0.00975 e. The topological polar surface area (TPSA) is 0 Å². The van der Waals surface area contributed by atoms with Crippen molar-refractivity contribution in [2.75, 3.05) is 0 Å². The van der Waals surface area contributed by atoms with E-state index in [1.807, 2.05) is 0 Å². The Morgan fingerprint density at radius 2 is 1.50 bits per heavy atom. The van der Waals surface area contributed by atoms with Gasteiger partial charge in [0.1, 0.15) is 0 Å². The number of benzene rings is 3. The van der Waals surface area contributed by atoms with Crippen molar-refractivity contribution < 1.29 is 0 Å². The summed E-state index contributed by atoms with van der Waals surface area (Å²) in [5.74, 6) is 0. The monoisotopic (exact) mass is 262 g/mol. The highest BCUT2D eigenvalue weighted by atomic mass is 14.3. The lowest BCUT2D eigenvalue weighted by Crippen LogP contribution is -2.17. The molecule has 0 aliphatic rings. The number of hydrogen-bond donors (Lipinski definition) is 0. The third kappa shape index (κ3) is 2.10. The van der Waals surface area contributed by atoms with Crippen molar-refractivity contribution in [3.63, 3.8) is 0 Å². The van der Waals surface area contributed by atoms with Gasteiger partial charge in [0.25, 0.3) is 0 Å². The van der Waals surface area contributed by atoms with Crippen LogP contribution in [0.4, 0.5) is 0 Å². The van der Waals surface area contributed by atoms with E-state index < -0.39 is 0 Å². The summed E-state index contributed by atoms with van der Waals surface area (Å²) in [6.45, 7) is 6.99. The molecule has 3 aromatic rings. The molecular formula is C20H22. The first-order chi connectivity index (χ1) is 9.63. The molecule has 3 aromatic carbocycles. The van der Waals surface area contributed by atoms with Crippen LogP contribution in [0.15, 0.2) is 54.6 Å². The molecular weight excluding hydrogens is 240 g/mol. The SMILES string of the molecule is CCCC(C)(C)c1cccc2c1ccc1ccccc12. The van der Waals surface area contributed by atoms with Crippen molar-refractivity contribution in [2.24, 2.45) is 0 Å². The highest BCUT2D eigenvalue weighted by Gasteiger charge is 2.21. The molecule has 0 atom stereocenters. The summed E-state index contributed by atoms with van der Waals surface area (Å²) in [5, 5.41) is 5.47. The Hall–Kier alpha value is -1.82. The van der Waals surface area contributed by atoms with Gasteiger partial charge in [-0.1, -0.05) is 81.8 Å². The highest BCUT2D eigenvalue weighted by molar-refractivity contribution is 6.08. The maximum absolute atomic E-state index is 2.36. The summed E-state index contributed by atoms with van der Waals surface area (Å²) in [6, 6.07) is 20.0. The average molecular weight is 262 g/mol. The van der Waals surface area contributed by atoms with Crippen LogP contribution >= 0.6 is 0 Å². The minimum atomic E-state index is 0.233. The van der Waals surface area contributed by atoms with Gasteiger partial charge in [-0.05, 0) is 38.9 Å². The minimum absolute atomic E-state index is 0.233. The Labute approximate surface area is 121 Å². The normalized spacial score (nSPS) is 12.2. The molecule has 0 aliphatic heterocycles. The van der Waals surface area contributed by atoms with E-state index in [-0.39, 0.29) is 5.41 Å². The molecule has 3 rings (SSSR count). The zero-order chi connectivity index (χ0) is 14.2. The minimum Gasteiger partial charge on any atom is -0.0654 e. The maximum atomic E-state index is 2.36. The second-order valence-electron chi connectivity index (χ2n) is 6.32. The number of fused-ring (bicyclic) bond motifs is 3. The highest BCUT2D eigenvalue weighted by Crippen LogP contribution is 2.36. The van der Waals surface area contributed by atoms with Crippen LogP contribution in [0.2, 0.25) is 0 Å². The lowest BCUT2D eigenvalue weighted by Gasteiger charge is -2.26. The lowest BCUT2D eigenvalue weighted by atomic mass is 9.78. The number of hydrogen-bond acceptors (Lipinski definition) is 0. The van der Waals surface area contributed by atoms with Crippen molar-refractivity contribution in [3.05, 3.63) is 60.2 Å². The quantitative estimate of drug-likeness (QED) is 0.502. The summed E-state index contributed by atoms with van der Waals surface area (Å²) in [6.07, 6.45) is 2.44. The molecule has 0 unspecified atom stereocenters. The van der Waals surface area contributed by atoms with Gasteiger partial charge in [0.2, 0.25) is 0 Å². The molecule has 20 heavy (non-hydrogen) atoms. The fourth-order valence-electron chi connectivity index (χ4n) is 3.39. The van der Waals surface area contributed by atoms with Crippen molar-refractivity contribution >= 4 is 21.5 Å². The predicted molar refractivity (Wildman–Crippen MR) is 89.4 cm³/mol. The fourth-order valence-corrected chi connectivity index (χ4v) is 3.39. The summed E-state index contributed by atoms with van der Waals surface area (Å²) < 4.78 is 0. The van der Waals surface area contributed by atoms with E-state index in [1.165, 1.54) is 39.9 Å². The fraction of sp³-hybridized carbons (Fsp3) is 0.300. The van der Waals surface area contributed by atoms with Crippen molar-refractivity contribution in [1.29, 1.82) is 0 Å². The predicted octanol–water partition coefficient (Wildman–Crippen LogP) is 6.07. The van der Waals surface area contributed by atoms with Gasteiger partial charge in [0.15, 0.2) is 0 Å². The molecule has 0 spiro atoms.